The van der Waals surface area contributed by atoms with Crippen molar-refractivity contribution in [2.45, 2.75) is 38.9 Å². The standard InChI is InChI=1S/C12H15N3OS2/c1-3-12(2)4-6-7(5-16-12)18-10-8(6)9(13)14-11(17)15-10/h3-5H2,1-2H3,(H3,13,14,15,17). The van der Waals surface area contributed by atoms with E-state index in [1.54, 1.807) is 11.3 Å². The SMILES string of the molecule is CCC1(C)Cc2c(sc3nc(=S)[nH]c(N)c23)CO1. The molecule has 2 aromatic heterocycles. The lowest BCUT2D eigenvalue weighted by Gasteiger charge is -2.33. The van der Waals surface area contributed by atoms with E-state index in [2.05, 4.69) is 23.8 Å². The molecule has 0 amide bonds. The highest BCUT2D eigenvalue weighted by atomic mass is 32.1. The number of aromatic nitrogens is 2. The summed E-state index contributed by atoms with van der Waals surface area (Å²) in [6.45, 7) is 4.94. The van der Waals surface area contributed by atoms with Crippen LogP contribution in [0.25, 0.3) is 10.2 Å². The molecule has 0 fully saturated rings. The molecule has 3 heterocycles. The molecule has 0 aromatic carbocycles. The average Bonchev–Trinajstić information content (AvgIpc) is 2.66. The Labute approximate surface area is 114 Å². The molecular weight excluding hydrogens is 266 g/mol. The van der Waals surface area contributed by atoms with Crippen LogP contribution in [-0.4, -0.2) is 15.6 Å². The molecular formula is C12H15N3OS2. The van der Waals surface area contributed by atoms with Crippen LogP contribution < -0.4 is 5.73 Å². The monoisotopic (exact) mass is 281 g/mol. The Bertz CT molecular complexity index is 676. The van der Waals surface area contributed by atoms with E-state index >= 15 is 0 Å². The topological polar surface area (TPSA) is 63.9 Å². The van der Waals surface area contributed by atoms with Crippen molar-refractivity contribution < 1.29 is 4.74 Å². The van der Waals surface area contributed by atoms with Crippen molar-refractivity contribution in [2.24, 2.45) is 0 Å². The number of nitrogen functional groups attached to an aromatic ring is 1. The number of ether oxygens (including phenoxy) is 1. The molecule has 3 N–H and O–H groups in total. The van der Waals surface area contributed by atoms with Crippen molar-refractivity contribution in [3.05, 3.63) is 15.2 Å². The third-order valence-corrected chi connectivity index (χ3v) is 4.93. The minimum Gasteiger partial charge on any atom is -0.385 e. The van der Waals surface area contributed by atoms with Gasteiger partial charge < -0.3 is 15.5 Å². The number of rotatable bonds is 1. The summed E-state index contributed by atoms with van der Waals surface area (Å²) < 4.78 is 6.39. The normalized spacial score (nSPS) is 23.2. The molecule has 1 aliphatic rings. The first-order valence-electron chi connectivity index (χ1n) is 5.96. The molecule has 1 aliphatic heterocycles. The lowest BCUT2D eigenvalue weighted by Crippen LogP contribution is -2.33. The summed E-state index contributed by atoms with van der Waals surface area (Å²) in [6.07, 6.45) is 1.87. The van der Waals surface area contributed by atoms with Gasteiger partial charge in [-0.25, -0.2) is 4.98 Å². The molecule has 1 atom stereocenters. The van der Waals surface area contributed by atoms with E-state index in [-0.39, 0.29) is 5.60 Å². The van der Waals surface area contributed by atoms with Crippen molar-refractivity contribution in [3.8, 4) is 0 Å². The highest BCUT2D eigenvalue weighted by Crippen LogP contribution is 2.40. The lowest BCUT2D eigenvalue weighted by molar-refractivity contribution is -0.0542. The number of hydrogen-bond acceptors (Lipinski definition) is 5. The van der Waals surface area contributed by atoms with E-state index in [9.17, 15) is 0 Å². The van der Waals surface area contributed by atoms with E-state index in [1.165, 1.54) is 10.4 Å². The summed E-state index contributed by atoms with van der Waals surface area (Å²) in [6, 6.07) is 0. The maximum atomic E-state index is 6.06. The van der Waals surface area contributed by atoms with Gasteiger partial charge in [0.25, 0.3) is 0 Å². The molecule has 3 rings (SSSR count). The fourth-order valence-corrected chi connectivity index (χ4v) is 3.73. The van der Waals surface area contributed by atoms with Crippen molar-refractivity contribution in [3.63, 3.8) is 0 Å². The van der Waals surface area contributed by atoms with Gasteiger partial charge in [-0.15, -0.1) is 11.3 Å². The first kappa shape index (κ1) is 12.1. The number of thiophene rings is 1. The molecule has 2 aromatic rings. The Hall–Kier alpha value is -0.980. The van der Waals surface area contributed by atoms with Crippen LogP contribution in [0.3, 0.4) is 0 Å². The summed E-state index contributed by atoms with van der Waals surface area (Å²) >= 11 is 6.70. The molecule has 0 saturated heterocycles. The summed E-state index contributed by atoms with van der Waals surface area (Å²) in [7, 11) is 0. The molecule has 0 radical (unpaired) electrons. The number of nitrogens with two attached hydrogens (primary N) is 1. The second-order valence-electron chi connectivity index (χ2n) is 4.91. The van der Waals surface area contributed by atoms with Crippen molar-refractivity contribution in [2.75, 3.05) is 5.73 Å². The van der Waals surface area contributed by atoms with Crippen LogP contribution in [0.4, 0.5) is 5.82 Å². The number of H-pyrrole nitrogens is 1. The molecule has 1 unspecified atom stereocenters. The second kappa shape index (κ2) is 4.01. The number of aromatic amines is 1. The first-order chi connectivity index (χ1) is 8.52. The van der Waals surface area contributed by atoms with E-state index in [0.29, 0.717) is 17.2 Å². The Balaban J connectivity index is 2.25. The number of hydrogen-bond donors (Lipinski definition) is 2. The van der Waals surface area contributed by atoms with Gasteiger partial charge in [-0.3, -0.25) is 0 Å². The van der Waals surface area contributed by atoms with Gasteiger partial charge >= 0.3 is 0 Å². The van der Waals surface area contributed by atoms with E-state index in [4.69, 9.17) is 22.7 Å². The average molecular weight is 281 g/mol. The van der Waals surface area contributed by atoms with Crippen LogP contribution in [0.2, 0.25) is 0 Å². The van der Waals surface area contributed by atoms with Crippen molar-refractivity contribution in [1.82, 2.24) is 9.97 Å². The summed E-state index contributed by atoms with van der Waals surface area (Å²) in [4.78, 5) is 9.45. The molecule has 0 aliphatic carbocycles. The van der Waals surface area contributed by atoms with Gasteiger partial charge in [0.1, 0.15) is 10.6 Å². The van der Waals surface area contributed by atoms with Crippen molar-refractivity contribution >= 4 is 39.6 Å². The summed E-state index contributed by atoms with van der Waals surface area (Å²) in [5.41, 5.74) is 7.24. The van der Waals surface area contributed by atoms with Gasteiger partial charge in [-0.1, -0.05) is 6.92 Å². The highest BCUT2D eigenvalue weighted by molar-refractivity contribution is 7.71. The van der Waals surface area contributed by atoms with Crippen LogP contribution in [0.5, 0.6) is 0 Å². The molecule has 18 heavy (non-hydrogen) atoms. The molecule has 0 bridgehead atoms. The first-order valence-corrected chi connectivity index (χ1v) is 7.19. The second-order valence-corrected chi connectivity index (χ2v) is 6.38. The third kappa shape index (κ3) is 1.75. The smallest absolute Gasteiger partial charge is 0.199 e. The van der Waals surface area contributed by atoms with Gasteiger partial charge in [0.2, 0.25) is 0 Å². The minimum absolute atomic E-state index is 0.0971. The van der Waals surface area contributed by atoms with Crippen LogP contribution in [0.15, 0.2) is 0 Å². The Morgan fingerprint density at radius 2 is 2.39 bits per heavy atom. The van der Waals surface area contributed by atoms with Crippen LogP contribution in [0.1, 0.15) is 30.7 Å². The van der Waals surface area contributed by atoms with Crippen LogP contribution in [-0.2, 0) is 17.8 Å². The fraction of sp³-hybridized carbons (Fsp3) is 0.500. The van der Waals surface area contributed by atoms with Gasteiger partial charge in [0.15, 0.2) is 4.77 Å². The number of fused-ring (bicyclic) bond motifs is 3. The Morgan fingerprint density at radius 3 is 3.11 bits per heavy atom. The Morgan fingerprint density at radius 1 is 1.61 bits per heavy atom. The number of nitrogens with one attached hydrogen (secondary N) is 1. The van der Waals surface area contributed by atoms with Crippen LogP contribution in [0, 0.1) is 4.77 Å². The highest BCUT2D eigenvalue weighted by Gasteiger charge is 2.32. The molecule has 6 heteroatoms. The maximum Gasteiger partial charge on any atom is 0.199 e. The quantitative estimate of drug-likeness (QED) is 0.788. The molecule has 96 valence electrons. The minimum atomic E-state index is -0.0971. The van der Waals surface area contributed by atoms with Gasteiger partial charge in [-0.05, 0) is 31.1 Å². The van der Waals surface area contributed by atoms with E-state index in [0.717, 1.165) is 23.1 Å². The van der Waals surface area contributed by atoms with E-state index < -0.39 is 0 Å². The van der Waals surface area contributed by atoms with Crippen LogP contribution >= 0.6 is 23.6 Å². The van der Waals surface area contributed by atoms with Gasteiger partial charge in [-0.2, -0.15) is 0 Å². The van der Waals surface area contributed by atoms with Crippen molar-refractivity contribution in [1.29, 1.82) is 0 Å². The third-order valence-electron chi connectivity index (χ3n) is 3.64. The predicted molar refractivity (Wildman–Crippen MR) is 76.4 cm³/mol. The van der Waals surface area contributed by atoms with E-state index in [1.807, 2.05) is 0 Å². The van der Waals surface area contributed by atoms with Gasteiger partial charge in [0.05, 0.1) is 17.6 Å². The molecule has 0 saturated carbocycles. The molecule has 0 spiro atoms. The number of anilines is 1. The van der Waals surface area contributed by atoms with Gasteiger partial charge in [0, 0.05) is 11.3 Å². The maximum absolute atomic E-state index is 6.06. The zero-order chi connectivity index (χ0) is 12.9. The predicted octanol–water partition coefficient (Wildman–Crippen LogP) is 3.18. The fourth-order valence-electron chi connectivity index (χ4n) is 2.35. The zero-order valence-electron chi connectivity index (χ0n) is 10.4. The number of nitrogens with zero attached hydrogens (tertiary/aromatic N) is 1. The summed E-state index contributed by atoms with van der Waals surface area (Å²) in [5.74, 6) is 0.628. The zero-order valence-corrected chi connectivity index (χ0v) is 12.0. The largest absolute Gasteiger partial charge is 0.385 e. The lowest BCUT2D eigenvalue weighted by atomic mass is 9.90. The summed E-state index contributed by atoms with van der Waals surface area (Å²) in [5, 5.41) is 1.03. The Kier molecular flexibility index (Phi) is 2.69. The molecule has 4 nitrogen and oxygen atoms in total.